The maximum Gasteiger partial charge on any atom is 0.306 e. The number of ether oxygens (including phenoxy) is 2. The molecule has 0 radical (unpaired) electrons. The Morgan fingerprint density at radius 1 is 0.343 bits per heavy atom. The van der Waals surface area contributed by atoms with Gasteiger partial charge in [0.15, 0.2) is 6.10 Å². The number of unbranched alkanes of at least 4 members (excludes halogenated alkanes) is 39. The van der Waals surface area contributed by atoms with Crippen LogP contribution in [-0.2, 0) is 19.1 Å². The van der Waals surface area contributed by atoms with Crippen molar-refractivity contribution in [3.05, 3.63) is 60.8 Å². The monoisotopic (exact) mass is 979 g/mol. The molecule has 1 N–H and O–H groups in total. The van der Waals surface area contributed by atoms with Crippen molar-refractivity contribution in [3.8, 4) is 0 Å². The molecule has 0 bridgehead atoms. The number of rotatable bonds is 57. The molecule has 1 atom stereocenters. The van der Waals surface area contributed by atoms with Crippen LogP contribution < -0.4 is 0 Å². The van der Waals surface area contributed by atoms with Crippen LogP contribution in [0.3, 0.4) is 0 Å². The van der Waals surface area contributed by atoms with Crippen LogP contribution in [0, 0.1) is 0 Å². The first-order chi connectivity index (χ1) is 34.6. The van der Waals surface area contributed by atoms with E-state index in [1.165, 1.54) is 231 Å². The summed E-state index contributed by atoms with van der Waals surface area (Å²) in [4.78, 5) is 24.5. The molecule has 0 spiro atoms. The second-order valence-corrected chi connectivity index (χ2v) is 20.8. The highest BCUT2D eigenvalue weighted by Gasteiger charge is 2.16. The van der Waals surface area contributed by atoms with Crippen LogP contribution in [0.25, 0.3) is 0 Å². The molecule has 0 aromatic carbocycles. The molecule has 0 aliphatic rings. The van der Waals surface area contributed by atoms with Crippen LogP contribution in [0.4, 0.5) is 0 Å². The highest BCUT2D eigenvalue weighted by Crippen LogP contribution is 2.18. The van der Waals surface area contributed by atoms with Crippen LogP contribution in [0.1, 0.15) is 322 Å². The van der Waals surface area contributed by atoms with Crippen molar-refractivity contribution in [2.45, 2.75) is 328 Å². The number of allylic oxidation sites excluding steroid dienone is 10. The van der Waals surface area contributed by atoms with E-state index in [1.807, 2.05) is 0 Å². The molecule has 0 saturated heterocycles. The average Bonchev–Trinajstić information content (AvgIpc) is 3.36. The van der Waals surface area contributed by atoms with Crippen molar-refractivity contribution in [1.82, 2.24) is 0 Å². The first kappa shape index (κ1) is 67.6. The van der Waals surface area contributed by atoms with Crippen LogP contribution in [0.2, 0.25) is 0 Å². The zero-order valence-corrected chi connectivity index (χ0v) is 46.8. The Morgan fingerprint density at radius 3 is 0.929 bits per heavy atom. The van der Waals surface area contributed by atoms with E-state index < -0.39 is 6.10 Å². The Morgan fingerprint density at radius 2 is 0.614 bits per heavy atom. The lowest BCUT2D eigenvalue weighted by molar-refractivity contribution is -0.161. The molecule has 0 amide bonds. The van der Waals surface area contributed by atoms with Gasteiger partial charge in [0.1, 0.15) is 6.61 Å². The molecule has 0 aliphatic heterocycles. The number of hydrogen-bond donors (Lipinski definition) is 1. The van der Waals surface area contributed by atoms with Gasteiger partial charge in [0.25, 0.3) is 0 Å². The van der Waals surface area contributed by atoms with Gasteiger partial charge < -0.3 is 14.6 Å². The highest BCUT2D eigenvalue weighted by atomic mass is 16.6. The van der Waals surface area contributed by atoms with Crippen molar-refractivity contribution in [3.63, 3.8) is 0 Å². The van der Waals surface area contributed by atoms with Gasteiger partial charge >= 0.3 is 11.9 Å². The van der Waals surface area contributed by atoms with Crippen LogP contribution in [0.5, 0.6) is 0 Å². The summed E-state index contributed by atoms with van der Waals surface area (Å²) >= 11 is 0. The fraction of sp³-hybridized carbons (Fsp3) is 0.815. The molecular formula is C65H118O5. The summed E-state index contributed by atoms with van der Waals surface area (Å²) in [5.74, 6) is -0.571. The van der Waals surface area contributed by atoms with Crippen molar-refractivity contribution < 1.29 is 24.2 Å². The second kappa shape index (κ2) is 60.9. The Balaban J connectivity index is 3.39. The van der Waals surface area contributed by atoms with E-state index >= 15 is 0 Å². The largest absolute Gasteiger partial charge is 0.462 e. The molecule has 0 rings (SSSR count). The number of aliphatic hydroxyl groups is 1. The maximum atomic E-state index is 12.3. The van der Waals surface area contributed by atoms with Gasteiger partial charge in [-0.15, -0.1) is 0 Å². The summed E-state index contributed by atoms with van der Waals surface area (Å²) in [6, 6.07) is 0. The summed E-state index contributed by atoms with van der Waals surface area (Å²) in [7, 11) is 0. The predicted octanol–water partition coefficient (Wildman–Crippen LogP) is 21.0. The molecule has 5 heteroatoms. The van der Waals surface area contributed by atoms with Crippen molar-refractivity contribution in [2.24, 2.45) is 0 Å². The number of aliphatic hydroxyl groups excluding tert-OH is 1. The lowest BCUT2D eigenvalue weighted by Crippen LogP contribution is -2.28. The molecule has 0 fully saturated rings. The van der Waals surface area contributed by atoms with Gasteiger partial charge in [-0.05, 0) is 57.8 Å². The van der Waals surface area contributed by atoms with E-state index in [9.17, 15) is 14.7 Å². The van der Waals surface area contributed by atoms with Crippen LogP contribution in [0.15, 0.2) is 60.8 Å². The third-order valence-corrected chi connectivity index (χ3v) is 13.8. The maximum absolute atomic E-state index is 12.3. The number of hydrogen-bond acceptors (Lipinski definition) is 5. The Hall–Kier alpha value is -2.40. The third-order valence-electron chi connectivity index (χ3n) is 13.8. The Kier molecular flexibility index (Phi) is 58.8. The molecule has 0 aromatic rings. The van der Waals surface area contributed by atoms with Crippen molar-refractivity contribution in [1.29, 1.82) is 0 Å². The van der Waals surface area contributed by atoms with Gasteiger partial charge in [-0.2, -0.15) is 0 Å². The molecule has 1 unspecified atom stereocenters. The molecule has 0 heterocycles. The van der Waals surface area contributed by atoms with E-state index in [2.05, 4.69) is 74.6 Å². The van der Waals surface area contributed by atoms with E-state index in [4.69, 9.17) is 9.47 Å². The minimum absolute atomic E-state index is 0.0597. The van der Waals surface area contributed by atoms with Crippen LogP contribution in [-0.4, -0.2) is 36.4 Å². The van der Waals surface area contributed by atoms with Gasteiger partial charge in [-0.1, -0.05) is 312 Å². The van der Waals surface area contributed by atoms with E-state index in [1.54, 1.807) is 0 Å². The van der Waals surface area contributed by atoms with Crippen LogP contribution >= 0.6 is 0 Å². The van der Waals surface area contributed by atoms with E-state index in [-0.39, 0.29) is 25.2 Å². The molecule has 0 saturated carbocycles. The smallest absolute Gasteiger partial charge is 0.306 e. The molecule has 0 aromatic heterocycles. The minimum Gasteiger partial charge on any atom is -0.462 e. The van der Waals surface area contributed by atoms with Crippen molar-refractivity contribution >= 4 is 11.9 Å². The summed E-state index contributed by atoms with van der Waals surface area (Å²) < 4.78 is 10.7. The Bertz CT molecular complexity index is 1200. The predicted molar refractivity (Wildman–Crippen MR) is 307 cm³/mol. The molecule has 5 nitrogen and oxygen atoms in total. The number of esters is 2. The standard InChI is InChI=1S/C65H118O5/c1-3-5-7-9-11-13-15-17-19-21-22-23-24-25-26-27-28-29-30-31-32-33-34-35-36-37-38-39-40-41-42-44-46-48-50-52-54-56-58-60-65(68)70-63(61-66)62-69-64(67)59-57-55-53-51-49-47-45-43-20-18-16-14-12-10-8-6-4-2/h5,7,11,13,17,19,22-23,25-26,63,66H,3-4,6,8-10,12,14-16,18,20-21,24,27-62H2,1-2H3/b7-5-,13-11-,19-17-,23-22-,26-25-. The highest BCUT2D eigenvalue weighted by molar-refractivity contribution is 5.70. The molecule has 0 aliphatic carbocycles. The quantitative estimate of drug-likeness (QED) is 0.0373. The van der Waals surface area contributed by atoms with Gasteiger partial charge in [-0.25, -0.2) is 0 Å². The van der Waals surface area contributed by atoms with Gasteiger partial charge in [0.05, 0.1) is 6.61 Å². The zero-order valence-electron chi connectivity index (χ0n) is 46.8. The molecular weight excluding hydrogens is 861 g/mol. The Labute approximate surface area is 436 Å². The fourth-order valence-electron chi connectivity index (χ4n) is 9.23. The second-order valence-electron chi connectivity index (χ2n) is 20.8. The zero-order chi connectivity index (χ0) is 50.6. The first-order valence-electron chi connectivity index (χ1n) is 30.8. The summed E-state index contributed by atoms with van der Waals surface area (Å²) in [5.41, 5.74) is 0. The molecule has 70 heavy (non-hydrogen) atoms. The fourth-order valence-corrected chi connectivity index (χ4v) is 9.23. The minimum atomic E-state index is -0.768. The van der Waals surface area contributed by atoms with Gasteiger partial charge in [-0.3, -0.25) is 9.59 Å². The topological polar surface area (TPSA) is 72.8 Å². The summed E-state index contributed by atoms with van der Waals surface area (Å²) in [6.07, 6.45) is 82.3. The summed E-state index contributed by atoms with van der Waals surface area (Å²) in [5, 5.41) is 9.66. The number of carbonyl (C=O) groups excluding carboxylic acids is 2. The first-order valence-corrected chi connectivity index (χ1v) is 30.8. The van der Waals surface area contributed by atoms with Gasteiger partial charge in [0, 0.05) is 12.8 Å². The lowest BCUT2D eigenvalue weighted by atomic mass is 10.0. The SMILES string of the molecule is CC/C=C\C/C=C\C/C=C\C/C=C\C/C=C\CCCCCCCCCCCCCCCCCCCCCCCCCC(=O)OC(CO)COC(=O)CCCCCCCCCCCCCCCCCCC. The lowest BCUT2D eigenvalue weighted by Gasteiger charge is -2.15. The van der Waals surface area contributed by atoms with Gasteiger partial charge in [0.2, 0.25) is 0 Å². The van der Waals surface area contributed by atoms with Crippen molar-refractivity contribution in [2.75, 3.05) is 13.2 Å². The van der Waals surface area contributed by atoms with E-state index in [0.29, 0.717) is 12.8 Å². The van der Waals surface area contributed by atoms with E-state index in [0.717, 1.165) is 64.2 Å². The normalized spacial score (nSPS) is 12.6. The summed E-state index contributed by atoms with van der Waals surface area (Å²) in [6.45, 7) is 4.07. The third kappa shape index (κ3) is 58.2. The average molecular weight is 980 g/mol. The number of carbonyl (C=O) groups is 2. The molecule has 408 valence electrons.